The molecule has 0 amide bonds. The van der Waals surface area contributed by atoms with E-state index in [-0.39, 0.29) is 17.7 Å². The van der Waals surface area contributed by atoms with Crippen molar-refractivity contribution in [1.29, 1.82) is 0 Å². The fourth-order valence-electron chi connectivity index (χ4n) is 4.23. The number of hydrogen-bond acceptors (Lipinski definition) is 6. The van der Waals surface area contributed by atoms with Crippen molar-refractivity contribution < 1.29 is 9.50 Å². The lowest BCUT2D eigenvalue weighted by Gasteiger charge is -2.40. The number of aromatic hydroxyl groups is 1. The summed E-state index contributed by atoms with van der Waals surface area (Å²) in [7, 11) is 0. The Morgan fingerprint density at radius 2 is 1.71 bits per heavy atom. The molecule has 0 bridgehead atoms. The van der Waals surface area contributed by atoms with E-state index in [9.17, 15) is 9.50 Å². The van der Waals surface area contributed by atoms with Crippen LogP contribution in [-0.2, 0) is 0 Å². The Morgan fingerprint density at radius 3 is 2.39 bits per heavy atom. The van der Waals surface area contributed by atoms with Gasteiger partial charge in [0.05, 0.1) is 16.6 Å². The fraction of sp³-hybridized carbons (Fsp3) is 0.304. The number of rotatable bonds is 4. The number of para-hydroxylation sites is 1. The van der Waals surface area contributed by atoms with Gasteiger partial charge >= 0.3 is 0 Å². The first-order valence-corrected chi connectivity index (χ1v) is 11.2. The van der Waals surface area contributed by atoms with Gasteiger partial charge in [0.2, 0.25) is 10.8 Å². The van der Waals surface area contributed by atoms with Crippen LogP contribution in [0.3, 0.4) is 0 Å². The molecule has 160 valence electrons. The molecule has 0 radical (unpaired) electrons. The third kappa shape index (κ3) is 3.66. The molecule has 1 N–H and O–H groups in total. The van der Waals surface area contributed by atoms with Gasteiger partial charge in [0.15, 0.2) is 0 Å². The maximum Gasteiger partial charge on any atom is 0.230 e. The van der Waals surface area contributed by atoms with E-state index in [1.165, 1.54) is 27.5 Å². The summed E-state index contributed by atoms with van der Waals surface area (Å²) in [5.74, 6) is 0.589. The van der Waals surface area contributed by atoms with Gasteiger partial charge in [-0.15, -0.1) is 5.10 Å². The zero-order chi connectivity index (χ0) is 21.5. The molecule has 0 saturated carbocycles. The van der Waals surface area contributed by atoms with Crippen LogP contribution in [0.15, 0.2) is 48.5 Å². The Morgan fingerprint density at radius 1 is 1.00 bits per heavy atom. The van der Waals surface area contributed by atoms with Gasteiger partial charge in [0, 0.05) is 26.2 Å². The highest BCUT2D eigenvalue weighted by Crippen LogP contribution is 2.40. The number of aryl methyl sites for hydroxylation is 2. The summed E-state index contributed by atoms with van der Waals surface area (Å²) in [5, 5.41) is 15.3. The smallest absolute Gasteiger partial charge is 0.230 e. The van der Waals surface area contributed by atoms with Gasteiger partial charge in [-0.1, -0.05) is 53.3 Å². The van der Waals surface area contributed by atoms with Gasteiger partial charge < -0.3 is 10.0 Å². The van der Waals surface area contributed by atoms with E-state index < -0.39 is 0 Å². The lowest BCUT2D eigenvalue weighted by Crippen LogP contribution is -2.48. The average molecular weight is 438 g/mol. The van der Waals surface area contributed by atoms with E-state index in [4.69, 9.17) is 0 Å². The van der Waals surface area contributed by atoms with Crippen molar-refractivity contribution in [2.45, 2.75) is 19.9 Å². The average Bonchev–Trinajstić information content (AvgIpc) is 3.28. The molecule has 1 fully saturated rings. The van der Waals surface area contributed by atoms with E-state index in [1.807, 2.05) is 19.1 Å². The molecule has 31 heavy (non-hydrogen) atoms. The van der Waals surface area contributed by atoms with Crippen LogP contribution in [0.2, 0.25) is 0 Å². The highest BCUT2D eigenvalue weighted by Gasteiger charge is 2.32. The maximum atomic E-state index is 14.3. The van der Waals surface area contributed by atoms with Crippen LogP contribution in [0.25, 0.3) is 4.96 Å². The number of aromatic nitrogens is 3. The Balaban J connectivity index is 1.48. The molecule has 1 aliphatic rings. The number of hydrogen-bond donors (Lipinski definition) is 1. The first-order chi connectivity index (χ1) is 15.0. The number of halogens is 1. The number of benzene rings is 2. The summed E-state index contributed by atoms with van der Waals surface area (Å²) in [6.07, 6.45) is 0. The molecular formula is C23H24FN5OS. The zero-order valence-electron chi connectivity index (χ0n) is 17.5. The molecule has 1 atom stereocenters. The van der Waals surface area contributed by atoms with Crippen LogP contribution in [0, 0.1) is 19.7 Å². The molecule has 3 heterocycles. The van der Waals surface area contributed by atoms with Gasteiger partial charge in [-0.3, -0.25) is 4.90 Å². The highest BCUT2D eigenvalue weighted by atomic mass is 32.1. The number of fused-ring (bicyclic) bond motifs is 1. The van der Waals surface area contributed by atoms with Crippen LogP contribution in [-0.4, -0.2) is 50.8 Å². The molecule has 1 saturated heterocycles. The van der Waals surface area contributed by atoms with Crippen LogP contribution in [0.4, 0.5) is 10.1 Å². The van der Waals surface area contributed by atoms with Crippen molar-refractivity contribution in [3.05, 3.63) is 76.2 Å². The molecule has 0 aliphatic carbocycles. The van der Waals surface area contributed by atoms with Crippen molar-refractivity contribution >= 4 is 22.0 Å². The highest BCUT2D eigenvalue weighted by molar-refractivity contribution is 7.17. The fourth-order valence-corrected chi connectivity index (χ4v) is 5.39. The first-order valence-electron chi connectivity index (χ1n) is 10.4. The SMILES string of the molecule is Cc1ccc([C@H](c2sc3nc(C)nn3c2O)N2CCN(c3ccccc3F)CC2)cc1. The Kier molecular flexibility index (Phi) is 5.11. The van der Waals surface area contributed by atoms with E-state index in [2.05, 4.69) is 51.1 Å². The molecule has 0 spiro atoms. The molecule has 2 aromatic carbocycles. The van der Waals surface area contributed by atoms with Crippen molar-refractivity contribution in [2.24, 2.45) is 0 Å². The lowest BCUT2D eigenvalue weighted by molar-refractivity contribution is 0.210. The summed E-state index contributed by atoms with van der Waals surface area (Å²) in [5.41, 5.74) is 2.95. The number of thiazole rings is 1. The molecule has 6 nitrogen and oxygen atoms in total. The minimum Gasteiger partial charge on any atom is -0.492 e. The van der Waals surface area contributed by atoms with Crippen molar-refractivity contribution in [2.75, 3.05) is 31.1 Å². The number of piperazine rings is 1. The molecular weight excluding hydrogens is 413 g/mol. The molecule has 8 heteroatoms. The third-order valence-corrected chi connectivity index (χ3v) is 6.89. The van der Waals surface area contributed by atoms with E-state index in [1.54, 1.807) is 6.07 Å². The quantitative estimate of drug-likeness (QED) is 0.520. The molecule has 5 rings (SSSR count). The normalized spacial score (nSPS) is 16.2. The zero-order valence-corrected chi connectivity index (χ0v) is 18.3. The summed E-state index contributed by atoms with van der Waals surface area (Å²) >= 11 is 1.47. The standard InChI is InChI=1S/C23H24FN5OS/c1-15-7-9-17(10-8-15)20(21-22(30)29-23(31-21)25-16(2)26-29)28-13-11-27(12-14-28)19-6-4-3-5-18(19)24/h3-10,20,30H,11-14H2,1-2H3/t20-/m1/s1. The first kappa shape index (κ1) is 20.0. The van der Waals surface area contributed by atoms with Crippen LogP contribution in [0.5, 0.6) is 5.88 Å². The maximum absolute atomic E-state index is 14.3. The van der Waals surface area contributed by atoms with Gasteiger partial charge in [0.25, 0.3) is 0 Å². The minimum atomic E-state index is -0.190. The van der Waals surface area contributed by atoms with Gasteiger partial charge in [0.1, 0.15) is 11.6 Å². The monoisotopic (exact) mass is 437 g/mol. The van der Waals surface area contributed by atoms with E-state index in [0.29, 0.717) is 29.6 Å². The van der Waals surface area contributed by atoms with Crippen LogP contribution in [0.1, 0.15) is 27.9 Å². The Hall–Kier alpha value is -2.97. The van der Waals surface area contributed by atoms with E-state index in [0.717, 1.165) is 23.5 Å². The van der Waals surface area contributed by atoms with Crippen molar-refractivity contribution in [3.63, 3.8) is 0 Å². The molecule has 0 unspecified atom stereocenters. The second kappa shape index (κ2) is 7.94. The van der Waals surface area contributed by atoms with Crippen LogP contribution < -0.4 is 4.90 Å². The van der Waals surface area contributed by atoms with Crippen molar-refractivity contribution in [1.82, 2.24) is 19.5 Å². The molecule has 1 aliphatic heterocycles. The molecule has 4 aromatic rings. The van der Waals surface area contributed by atoms with Gasteiger partial charge in [-0.25, -0.2) is 9.37 Å². The van der Waals surface area contributed by atoms with Crippen molar-refractivity contribution in [3.8, 4) is 5.88 Å². The second-order valence-electron chi connectivity index (χ2n) is 7.93. The largest absolute Gasteiger partial charge is 0.492 e. The Labute approximate surface area is 184 Å². The summed E-state index contributed by atoms with van der Waals surface area (Å²) < 4.78 is 15.8. The number of nitrogens with zero attached hydrogens (tertiary/aromatic N) is 5. The number of anilines is 1. The van der Waals surface area contributed by atoms with Gasteiger partial charge in [-0.2, -0.15) is 4.52 Å². The predicted molar refractivity (Wildman–Crippen MR) is 120 cm³/mol. The van der Waals surface area contributed by atoms with Crippen LogP contribution >= 0.6 is 11.3 Å². The van der Waals surface area contributed by atoms with E-state index >= 15 is 0 Å². The summed E-state index contributed by atoms with van der Waals surface area (Å²) in [6.45, 7) is 6.80. The Bertz CT molecular complexity index is 1210. The summed E-state index contributed by atoms with van der Waals surface area (Å²) in [6, 6.07) is 15.2. The minimum absolute atomic E-state index is 0.114. The summed E-state index contributed by atoms with van der Waals surface area (Å²) in [4.78, 5) is 10.4. The van der Waals surface area contributed by atoms with Gasteiger partial charge in [-0.05, 0) is 31.5 Å². The predicted octanol–water partition coefficient (Wildman–Crippen LogP) is 4.16. The second-order valence-corrected chi connectivity index (χ2v) is 8.94. The topological polar surface area (TPSA) is 56.9 Å². The molecule has 2 aromatic heterocycles. The lowest BCUT2D eigenvalue weighted by atomic mass is 10.0. The third-order valence-electron chi connectivity index (χ3n) is 5.82.